The van der Waals surface area contributed by atoms with Gasteiger partial charge in [-0.25, -0.2) is 18.1 Å². The zero-order chi connectivity index (χ0) is 20.8. The number of carbonyl (C=O) groups excluding carboxylic acids is 1. The number of aromatic nitrogens is 1. The summed E-state index contributed by atoms with van der Waals surface area (Å²) in [6, 6.07) is -0.0837. The molecule has 10 heteroatoms. The van der Waals surface area contributed by atoms with Gasteiger partial charge in [-0.1, -0.05) is 0 Å². The lowest BCUT2D eigenvalue weighted by molar-refractivity contribution is -0.126. The number of carbonyl (C=O) groups is 1. The largest absolute Gasteiger partial charge is 0.390 e. The van der Waals surface area contributed by atoms with E-state index in [2.05, 4.69) is 20.3 Å². The number of nitrogens with one attached hydrogen (secondary N) is 3. The predicted octanol–water partition coefficient (Wildman–Crippen LogP) is 1.83. The summed E-state index contributed by atoms with van der Waals surface area (Å²) in [7, 11) is -3.35. The van der Waals surface area contributed by atoms with Crippen molar-refractivity contribution in [2.75, 3.05) is 18.4 Å². The van der Waals surface area contributed by atoms with E-state index in [-0.39, 0.29) is 24.5 Å². The topological polar surface area (TPSA) is 120 Å². The van der Waals surface area contributed by atoms with E-state index in [0.29, 0.717) is 44.5 Å². The second-order valence-corrected chi connectivity index (χ2v) is 11.5. The molecule has 0 aromatic carbocycles. The Bertz CT molecular complexity index is 735. The summed E-state index contributed by atoms with van der Waals surface area (Å²) in [6.45, 7) is 6.27. The van der Waals surface area contributed by atoms with Crippen LogP contribution in [0.4, 0.5) is 5.13 Å². The van der Waals surface area contributed by atoms with Gasteiger partial charge in [0.1, 0.15) is 0 Å². The Balaban J connectivity index is 1.62. The van der Waals surface area contributed by atoms with E-state index in [1.807, 2.05) is 5.38 Å². The van der Waals surface area contributed by atoms with Crippen LogP contribution in [0.15, 0.2) is 5.38 Å². The number of anilines is 1. The van der Waals surface area contributed by atoms with Gasteiger partial charge in [-0.05, 0) is 52.9 Å². The third kappa shape index (κ3) is 6.68. The van der Waals surface area contributed by atoms with Crippen LogP contribution < -0.4 is 15.4 Å². The Kier molecular flexibility index (Phi) is 8.23. The van der Waals surface area contributed by atoms with Crippen LogP contribution in [-0.4, -0.2) is 48.3 Å². The second-order valence-electron chi connectivity index (χ2n) is 8.16. The van der Waals surface area contributed by atoms with Crippen LogP contribution in [0.5, 0.6) is 0 Å². The summed E-state index contributed by atoms with van der Waals surface area (Å²) in [5.41, 5.74) is 0.654. The van der Waals surface area contributed by atoms with E-state index >= 15 is 0 Å². The summed E-state index contributed by atoms with van der Waals surface area (Å²) in [5.74, 6) is 0.00312. The number of nitrogens with zero attached hydrogens (tertiary/aromatic N) is 1. The lowest BCUT2D eigenvalue weighted by Crippen LogP contribution is -2.46. The molecule has 1 heterocycles. The fourth-order valence-corrected chi connectivity index (χ4v) is 4.73. The number of amides is 1. The zero-order valence-corrected chi connectivity index (χ0v) is 18.5. The molecule has 0 radical (unpaired) electrons. The van der Waals surface area contributed by atoms with Crippen molar-refractivity contribution in [3.05, 3.63) is 11.1 Å². The van der Waals surface area contributed by atoms with Gasteiger partial charge in [0.15, 0.2) is 5.13 Å². The molecule has 0 atom stereocenters. The van der Waals surface area contributed by atoms with Crippen molar-refractivity contribution in [2.24, 2.45) is 5.92 Å². The quantitative estimate of drug-likeness (QED) is 0.442. The van der Waals surface area contributed by atoms with Crippen molar-refractivity contribution in [3.63, 3.8) is 0 Å². The first-order valence-electron chi connectivity index (χ1n) is 9.71. The molecule has 1 aromatic rings. The first-order valence-corrected chi connectivity index (χ1v) is 12.1. The molecule has 28 heavy (non-hydrogen) atoms. The van der Waals surface area contributed by atoms with Crippen LogP contribution in [0.3, 0.4) is 0 Å². The van der Waals surface area contributed by atoms with Crippen LogP contribution in [0.25, 0.3) is 0 Å². The molecule has 2 rings (SSSR count). The number of aliphatic hydroxyl groups is 1. The van der Waals surface area contributed by atoms with Crippen molar-refractivity contribution in [1.29, 1.82) is 0 Å². The number of rotatable bonds is 9. The normalized spacial score (nSPS) is 20.7. The molecule has 0 unspecified atom stereocenters. The van der Waals surface area contributed by atoms with Crippen molar-refractivity contribution in [3.8, 4) is 0 Å². The molecular weight excluding hydrogens is 400 g/mol. The molecule has 1 aliphatic rings. The van der Waals surface area contributed by atoms with Gasteiger partial charge in [-0.2, -0.15) is 0 Å². The second kappa shape index (κ2) is 10.00. The van der Waals surface area contributed by atoms with E-state index in [1.165, 1.54) is 11.3 Å². The van der Waals surface area contributed by atoms with Gasteiger partial charge in [0.05, 0.1) is 17.0 Å². The summed E-state index contributed by atoms with van der Waals surface area (Å²) >= 11 is 1.45. The minimum Gasteiger partial charge on any atom is -0.390 e. The summed E-state index contributed by atoms with van der Waals surface area (Å²) < 4.78 is 26.5. The van der Waals surface area contributed by atoms with Crippen molar-refractivity contribution in [2.45, 2.75) is 70.3 Å². The zero-order valence-electron chi connectivity index (χ0n) is 16.8. The van der Waals surface area contributed by atoms with E-state index in [1.54, 1.807) is 20.8 Å². The standard InChI is InChI=1S/C18H32N4O4S2/c1-18(2,3)28(25,26)22-14-7-5-13(6-8-14)16(24)19-9-4-10-20-17-21-15(11-23)12-27-17/h12-14,22-23H,4-11H2,1-3H3,(H,19,24)(H,20,21). The maximum atomic E-state index is 12.3. The molecule has 8 nitrogen and oxygen atoms in total. The van der Waals surface area contributed by atoms with E-state index < -0.39 is 14.8 Å². The average molecular weight is 433 g/mol. The molecule has 1 aromatic heterocycles. The van der Waals surface area contributed by atoms with Gasteiger partial charge in [0, 0.05) is 30.4 Å². The van der Waals surface area contributed by atoms with E-state index in [4.69, 9.17) is 5.11 Å². The van der Waals surface area contributed by atoms with Gasteiger partial charge >= 0.3 is 0 Å². The highest BCUT2D eigenvalue weighted by atomic mass is 32.2. The number of hydrogen-bond donors (Lipinski definition) is 4. The summed E-state index contributed by atoms with van der Waals surface area (Å²) in [6.07, 6.45) is 3.55. The average Bonchev–Trinajstić information content (AvgIpc) is 3.08. The molecule has 1 amide bonds. The molecule has 0 saturated heterocycles. The highest BCUT2D eigenvalue weighted by Gasteiger charge is 2.33. The first-order chi connectivity index (χ1) is 13.1. The van der Waals surface area contributed by atoms with E-state index in [0.717, 1.165) is 11.6 Å². The first kappa shape index (κ1) is 23.1. The minimum absolute atomic E-state index is 0.0468. The molecule has 160 valence electrons. The maximum Gasteiger partial charge on any atom is 0.223 e. The number of sulfonamides is 1. The van der Waals surface area contributed by atoms with Crippen molar-refractivity contribution >= 4 is 32.4 Å². The fourth-order valence-electron chi connectivity index (χ4n) is 2.97. The van der Waals surface area contributed by atoms with Gasteiger partial charge in [-0.3, -0.25) is 4.79 Å². The van der Waals surface area contributed by atoms with Gasteiger partial charge in [-0.15, -0.1) is 11.3 Å². The molecule has 0 aliphatic heterocycles. The lowest BCUT2D eigenvalue weighted by atomic mass is 9.86. The van der Waals surface area contributed by atoms with Crippen LogP contribution in [-0.2, 0) is 21.4 Å². The van der Waals surface area contributed by atoms with Crippen molar-refractivity contribution < 1.29 is 18.3 Å². The Labute approximate surface area is 171 Å². The van der Waals surface area contributed by atoms with Gasteiger partial charge < -0.3 is 15.7 Å². The Morgan fingerprint density at radius 2 is 1.93 bits per heavy atom. The number of hydrogen-bond acceptors (Lipinski definition) is 7. The van der Waals surface area contributed by atoms with Crippen LogP contribution in [0, 0.1) is 5.92 Å². The predicted molar refractivity (Wildman–Crippen MR) is 112 cm³/mol. The molecule has 1 saturated carbocycles. The van der Waals surface area contributed by atoms with Gasteiger partial charge in [0.2, 0.25) is 15.9 Å². The molecule has 0 spiro atoms. The van der Waals surface area contributed by atoms with Crippen LogP contribution in [0.2, 0.25) is 0 Å². The maximum absolute atomic E-state index is 12.3. The minimum atomic E-state index is -3.35. The molecular formula is C18H32N4O4S2. The number of thiazole rings is 1. The monoisotopic (exact) mass is 432 g/mol. The summed E-state index contributed by atoms with van der Waals surface area (Å²) in [5, 5.41) is 17.7. The Morgan fingerprint density at radius 1 is 1.25 bits per heavy atom. The lowest BCUT2D eigenvalue weighted by Gasteiger charge is -2.30. The molecule has 1 fully saturated rings. The smallest absolute Gasteiger partial charge is 0.223 e. The fraction of sp³-hybridized carbons (Fsp3) is 0.778. The molecule has 4 N–H and O–H groups in total. The molecule has 0 bridgehead atoms. The highest BCUT2D eigenvalue weighted by molar-refractivity contribution is 7.90. The van der Waals surface area contributed by atoms with Crippen LogP contribution in [0.1, 0.15) is 58.6 Å². The summed E-state index contributed by atoms with van der Waals surface area (Å²) in [4.78, 5) is 16.5. The Hall–Kier alpha value is -1.23. The highest BCUT2D eigenvalue weighted by Crippen LogP contribution is 2.26. The third-order valence-electron chi connectivity index (χ3n) is 4.87. The Morgan fingerprint density at radius 3 is 2.50 bits per heavy atom. The van der Waals surface area contributed by atoms with Crippen molar-refractivity contribution in [1.82, 2.24) is 15.0 Å². The van der Waals surface area contributed by atoms with E-state index in [9.17, 15) is 13.2 Å². The third-order valence-corrected chi connectivity index (χ3v) is 7.97. The van der Waals surface area contributed by atoms with Gasteiger partial charge in [0.25, 0.3) is 0 Å². The van der Waals surface area contributed by atoms with Crippen LogP contribution >= 0.6 is 11.3 Å². The molecule has 1 aliphatic carbocycles. The number of aliphatic hydroxyl groups excluding tert-OH is 1. The SMILES string of the molecule is CC(C)(C)S(=O)(=O)NC1CCC(C(=O)NCCCNc2nc(CO)cs2)CC1.